The fourth-order valence-electron chi connectivity index (χ4n) is 0.596. The van der Waals surface area contributed by atoms with Crippen molar-refractivity contribution in [2.45, 2.75) is 6.04 Å². The van der Waals surface area contributed by atoms with Crippen LogP contribution in [0.5, 0.6) is 0 Å². The molecule has 0 bridgehead atoms. The molecular weight excluding hydrogens is 252 g/mol. The molecule has 0 saturated carbocycles. The molecule has 0 rings (SSSR count). The lowest BCUT2D eigenvalue weighted by atomic mass is 10.3. The fourth-order valence-corrected chi connectivity index (χ4v) is 1.53. The molecule has 9 nitrogen and oxygen atoms in total. The molecule has 0 radical (unpaired) electrons. The molecule has 1 amide bonds. The average Bonchev–Trinajstić information content (AvgIpc) is 1.95. The molecule has 0 aliphatic rings. The molecule has 1 unspecified atom stereocenters. The highest BCUT2D eigenvalue weighted by atomic mass is 32.2. The van der Waals surface area contributed by atoms with Gasteiger partial charge >= 0.3 is 0 Å². The SMILES string of the molecule is NC(CS(=O)(=O)O)C(=O)NCS(=O)(=O)O. The normalized spacial score (nSPS) is 14.6. The topological polar surface area (TPSA) is 164 Å². The van der Waals surface area contributed by atoms with E-state index in [2.05, 4.69) is 0 Å². The highest BCUT2D eigenvalue weighted by Crippen LogP contribution is 1.88. The van der Waals surface area contributed by atoms with Crippen LogP contribution in [0, 0.1) is 0 Å². The summed E-state index contributed by atoms with van der Waals surface area (Å²) in [5.41, 5.74) is 5.01. The standard InChI is InChI=1S/C4H10N2O7S2/c5-3(1-14(8,9)10)4(7)6-2-15(11,12)13/h3H,1-2,5H2,(H,6,7)(H,8,9,10)(H,11,12,13). The highest BCUT2D eigenvalue weighted by molar-refractivity contribution is 7.86. The smallest absolute Gasteiger partial charge is 0.283 e. The Bertz CT molecular complexity index is 424. The maximum atomic E-state index is 10.9. The number of hydrogen-bond acceptors (Lipinski definition) is 6. The van der Waals surface area contributed by atoms with E-state index in [-0.39, 0.29) is 0 Å². The minimum atomic E-state index is -4.42. The summed E-state index contributed by atoms with van der Waals surface area (Å²) < 4.78 is 57.4. The number of nitrogens with one attached hydrogen (secondary N) is 1. The molecule has 0 aliphatic heterocycles. The molecule has 90 valence electrons. The van der Waals surface area contributed by atoms with Crippen LogP contribution in [0.15, 0.2) is 0 Å². The number of carbonyl (C=O) groups is 1. The number of carbonyl (C=O) groups excluding carboxylic acids is 1. The summed E-state index contributed by atoms with van der Waals surface area (Å²) in [4.78, 5) is 10.9. The van der Waals surface area contributed by atoms with Crippen LogP contribution >= 0.6 is 0 Å². The Balaban J connectivity index is 4.24. The molecule has 5 N–H and O–H groups in total. The number of nitrogens with two attached hydrogens (primary N) is 1. The van der Waals surface area contributed by atoms with Gasteiger partial charge in [0.05, 0.1) is 5.75 Å². The van der Waals surface area contributed by atoms with Gasteiger partial charge in [0.25, 0.3) is 20.2 Å². The van der Waals surface area contributed by atoms with Crippen LogP contribution in [-0.2, 0) is 25.0 Å². The van der Waals surface area contributed by atoms with E-state index in [0.717, 1.165) is 0 Å². The highest BCUT2D eigenvalue weighted by Gasteiger charge is 2.21. The van der Waals surface area contributed by atoms with Gasteiger partial charge in [-0.05, 0) is 0 Å². The van der Waals surface area contributed by atoms with E-state index in [1.165, 1.54) is 0 Å². The maximum absolute atomic E-state index is 10.9. The first-order chi connectivity index (χ1) is 6.51. The van der Waals surface area contributed by atoms with E-state index in [0.29, 0.717) is 0 Å². The quantitative estimate of drug-likeness (QED) is 0.385. The Hall–Kier alpha value is -0.750. The largest absolute Gasteiger partial charge is 0.339 e. The zero-order valence-electron chi connectivity index (χ0n) is 7.32. The summed E-state index contributed by atoms with van der Waals surface area (Å²) >= 11 is 0. The number of hydrogen-bond donors (Lipinski definition) is 4. The summed E-state index contributed by atoms with van der Waals surface area (Å²) in [6, 6.07) is -1.61. The Labute approximate surface area is 86.1 Å². The Morgan fingerprint density at radius 3 is 2.00 bits per heavy atom. The van der Waals surface area contributed by atoms with Gasteiger partial charge in [-0.2, -0.15) is 16.8 Å². The van der Waals surface area contributed by atoms with Gasteiger partial charge in [-0.15, -0.1) is 0 Å². The van der Waals surface area contributed by atoms with Crippen LogP contribution in [-0.4, -0.2) is 49.5 Å². The maximum Gasteiger partial charge on any atom is 0.283 e. The Morgan fingerprint density at radius 1 is 1.20 bits per heavy atom. The molecule has 0 fully saturated rings. The second-order valence-electron chi connectivity index (χ2n) is 2.62. The van der Waals surface area contributed by atoms with E-state index in [4.69, 9.17) is 14.8 Å². The van der Waals surface area contributed by atoms with E-state index in [1.54, 1.807) is 5.32 Å². The Morgan fingerprint density at radius 2 is 1.67 bits per heavy atom. The van der Waals surface area contributed by atoms with Crippen LogP contribution in [0.4, 0.5) is 0 Å². The van der Waals surface area contributed by atoms with Crippen molar-refractivity contribution < 1.29 is 30.7 Å². The summed E-state index contributed by atoms with van der Waals surface area (Å²) in [7, 11) is -8.82. The van der Waals surface area contributed by atoms with Gasteiger partial charge in [0.1, 0.15) is 11.9 Å². The summed E-state index contributed by atoms with van der Waals surface area (Å²) in [6.07, 6.45) is 0. The third-order valence-corrected chi connectivity index (χ3v) is 2.45. The molecule has 0 heterocycles. The summed E-state index contributed by atoms with van der Waals surface area (Å²) in [5.74, 6) is -3.24. The minimum Gasteiger partial charge on any atom is -0.339 e. The predicted octanol–water partition coefficient (Wildman–Crippen LogP) is -2.84. The zero-order valence-corrected chi connectivity index (χ0v) is 8.95. The van der Waals surface area contributed by atoms with E-state index < -0.39 is 43.8 Å². The van der Waals surface area contributed by atoms with Crippen LogP contribution in [0.25, 0.3) is 0 Å². The van der Waals surface area contributed by atoms with Gasteiger partial charge in [-0.3, -0.25) is 13.9 Å². The molecule has 11 heteroatoms. The lowest BCUT2D eigenvalue weighted by Crippen LogP contribution is -2.46. The van der Waals surface area contributed by atoms with Gasteiger partial charge in [0.2, 0.25) is 5.91 Å². The van der Waals surface area contributed by atoms with E-state index in [9.17, 15) is 21.6 Å². The Kier molecular flexibility index (Phi) is 4.61. The van der Waals surface area contributed by atoms with Crippen molar-refractivity contribution in [3.05, 3.63) is 0 Å². The lowest BCUT2D eigenvalue weighted by Gasteiger charge is -2.08. The molecule has 15 heavy (non-hydrogen) atoms. The van der Waals surface area contributed by atoms with Crippen molar-refractivity contribution in [1.29, 1.82) is 0 Å². The second-order valence-corrected chi connectivity index (χ2v) is 5.57. The molecule has 0 saturated heterocycles. The molecule has 0 spiro atoms. The summed E-state index contributed by atoms with van der Waals surface area (Å²) in [6.45, 7) is 0. The monoisotopic (exact) mass is 262 g/mol. The van der Waals surface area contributed by atoms with E-state index >= 15 is 0 Å². The van der Waals surface area contributed by atoms with Gasteiger partial charge in [-0.25, -0.2) is 0 Å². The second kappa shape index (κ2) is 4.85. The van der Waals surface area contributed by atoms with Crippen LogP contribution in [0.3, 0.4) is 0 Å². The van der Waals surface area contributed by atoms with Gasteiger partial charge in [0.15, 0.2) is 0 Å². The zero-order chi connectivity index (χ0) is 12.3. The third kappa shape index (κ3) is 8.26. The first-order valence-corrected chi connectivity index (χ1v) is 6.67. The average molecular weight is 262 g/mol. The number of rotatable bonds is 5. The van der Waals surface area contributed by atoms with Crippen molar-refractivity contribution in [1.82, 2.24) is 5.32 Å². The van der Waals surface area contributed by atoms with Crippen molar-refractivity contribution in [3.8, 4) is 0 Å². The first kappa shape index (κ1) is 14.2. The van der Waals surface area contributed by atoms with Gasteiger partial charge in [0, 0.05) is 0 Å². The first-order valence-electron chi connectivity index (χ1n) is 3.45. The predicted molar refractivity (Wildman–Crippen MR) is 48.9 cm³/mol. The fraction of sp³-hybridized carbons (Fsp3) is 0.750. The molecule has 0 aromatic rings. The molecule has 0 aliphatic carbocycles. The lowest BCUT2D eigenvalue weighted by molar-refractivity contribution is -0.121. The molecular formula is C4H10N2O7S2. The van der Waals surface area contributed by atoms with Crippen molar-refractivity contribution >= 4 is 26.1 Å². The van der Waals surface area contributed by atoms with Crippen LogP contribution in [0.1, 0.15) is 0 Å². The third-order valence-electron chi connectivity index (χ3n) is 1.16. The molecule has 1 atom stereocenters. The summed E-state index contributed by atoms with van der Waals surface area (Å²) in [5, 5.41) is 1.67. The number of amides is 1. The van der Waals surface area contributed by atoms with Crippen LogP contribution in [0.2, 0.25) is 0 Å². The van der Waals surface area contributed by atoms with Gasteiger partial charge in [-0.1, -0.05) is 0 Å². The molecule has 0 aromatic carbocycles. The van der Waals surface area contributed by atoms with Gasteiger partial charge < -0.3 is 11.1 Å². The van der Waals surface area contributed by atoms with Crippen molar-refractivity contribution in [3.63, 3.8) is 0 Å². The minimum absolute atomic E-state index is 1.04. The van der Waals surface area contributed by atoms with E-state index in [1.807, 2.05) is 0 Å². The van der Waals surface area contributed by atoms with Crippen molar-refractivity contribution in [2.24, 2.45) is 5.73 Å². The van der Waals surface area contributed by atoms with Crippen LogP contribution < -0.4 is 11.1 Å². The van der Waals surface area contributed by atoms with Crippen molar-refractivity contribution in [2.75, 3.05) is 11.6 Å². The molecule has 0 aromatic heterocycles.